The molecule has 20 heavy (non-hydrogen) atoms. The van der Waals surface area contributed by atoms with Crippen molar-refractivity contribution in [2.75, 3.05) is 6.54 Å². The Balaban J connectivity index is 2.39. The maximum absolute atomic E-state index is 11.7. The fourth-order valence-electron chi connectivity index (χ4n) is 1.61. The van der Waals surface area contributed by atoms with Gasteiger partial charge < -0.3 is 15.7 Å². The van der Waals surface area contributed by atoms with Gasteiger partial charge in [0.1, 0.15) is 0 Å². The summed E-state index contributed by atoms with van der Waals surface area (Å²) in [6, 6.07) is 6.50. The van der Waals surface area contributed by atoms with E-state index in [0.29, 0.717) is 5.56 Å². The molecule has 0 radical (unpaired) electrons. The van der Waals surface area contributed by atoms with E-state index >= 15 is 0 Å². The molecule has 0 heterocycles. The summed E-state index contributed by atoms with van der Waals surface area (Å²) in [5.74, 6) is -1.74. The zero-order valence-corrected chi connectivity index (χ0v) is 11.5. The van der Waals surface area contributed by atoms with Crippen LogP contribution in [0.2, 0.25) is 0 Å². The third-order valence-corrected chi connectivity index (χ3v) is 2.61. The SMILES string of the molecule is Cc1ccc(C(=O)NCC(=O)NC(C)CC(=O)O)cc1. The normalized spacial score (nSPS) is 11.5. The van der Waals surface area contributed by atoms with E-state index in [-0.39, 0.29) is 18.9 Å². The molecule has 1 atom stereocenters. The van der Waals surface area contributed by atoms with Gasteiger partial charge in [-0.15, -0.1) is 0 Å². The van der Waals surface area contributed by atoms with Gasteiger partial charge in [-0.1, -0.05) is 17.7 Å². The van der Waals surface area contributed by atoms with Crippen molar-refractivity contribution in [1.29, 1.82) is 0 Å². The first kappa shape index (κ1) is 15.7. The second kappa shape index (κ2) is 7.28. The van der Waals surface area contributed by atoms with E-state index in [1.54, 1.807) is 19.1 Å². The Labute approximate surface area is 117 Å². The summed E-state index contributed by atoms with van der Waals surface area (Å²) < 4.78 is 0. The Morgan fingerprint density at radius 3 is 2.35 bits per heavy atom. The molecule has 6 nitrogen and oxygen atoms in total. The minimum absolute atomic E-state index is 0.155. The van der Waals surface area contributed by atoms with Crippen LogP contribution in [-0.2, 0) is 9.59 Å². The maximum Gasteiger partial charge on any atom is 0.305 e. The van der Waals surface area contributed by atoms with Crippen LogP contribution in [0.15, 0.2) is 24.3 Å². The third-order valence-electron chi connectivity index (χ3n) is 2.61. The molecule has 3 N–H and O–H groups in total. The zero-order chi connectivity index (χ0) is 15.1. The Morgan fingerprint density at radius 1 is 1.20 bits per heavy atom. The van der Waals surface area contributed by atoms with Gasteiger partial charge in [-0.2, -0.15) is 0 Å². The molecule has 0 aliphatic rings. The fraction of sp³-hybridized carbons (Fsp3) is 0.357. The van der Waals surface area contributed by atoms with Crippen LogP contribution in [0.3, 0.4) is 0 Å². The van der Waals surface area contributed by atoms with Gasteiger partial charge in [0.2, 0.25) is 5.91 Å². The minimum Gasteiger partial charge on any atom is -0.481 e. The summed E-state index contributed by atoms with van der Waals surface area (Å²) in [5.41, 5.74) is 1.52. The van der Waals surface area contributed by atoms with E-state index in [2.05, 4.69) is 10.6 Å². The minimum atomic E-state index is -0.985. The quantitative estimate of drug-likeness (QED) is 0.714. The molecule has 0 fully saturated rings. The van der Waals surface area contributed by atoms with Crippen molar-refractivity contribution in [2.45, 2.75) is 26.3 Å². The van der Waals surface area contributed by atoms with E-state index in [9.17, 15) is 14.4 Å². The Hall–Kier alpha value is -2.37. The zero-order valence-electron chi connectivity index (χ0n) is 11.5. The standard InChI is InChI=1S/C14H18N2O4/c1-9-3-5-11(6-4-9)14(20)15-8-12(17)16-10(2)7-13(18)19/h3-6,10H,7-8H2,1-2H3,(H,15,20)(H,16,17)(H,18,19). The van der Waals surface area contributed by atoms with Gasteiger partial charge in [-0.05, 0) is 26.0 Å². The highest BCUT2D eigenvalue weighted by Gasteiger charge is 2.12. The molecule has 1 aromatic rings. The fourth-order valence-corrected chi connectivity index (χ4v) is 1.61. The van der Waals surface area contributed by atoms with Gasteiger partial charge in [0.15, 0.2) is 0 Å². The van der Waals surface area contributed by atoms with Gasteiger partial charge in [-0.25, -0.2) is 0 Å². The summed E-state index contributed by atoms with van der Waals surface area (Å²) >= 11 is 0. The number of aryl methyl sites for hydroxylation is 1. The monoisotopic (exact) mass is 278 g/mol. The average molecular weight is 278 g/mol. The van der Waals surface area contributed by atoms with Crippen molar-refractivity contribution in [2.24, 2.45) is 0 Å². The number of rotatable bonds is 6. The summed E-state index contributed by atoms with van der Waals surface area (Å²) in [6.45, 7) is 3.32. The molecule has 0 spiro atoms. The maximum atomic E-state index is 11.7. The van der Waals surface area contributed by atoms with Crippen molar-refractivity contribution in [3.05, 3.63) is 35.4 Å². The van der Waals surface area contributed by atoms with E-state index in [1.165, 1.54) is 0 Å². The molecule has 1 rings (SSSR count). The van der Waals surface area contributed by atoms with Crippen LogP contribution in [0.1, 0.15) is 29.3 Å². The van der Waals surface area contributed by atoms with Crippen molar-refractivity contribution < 1.29 is 19.5 Å². The number of carbonyl (C=O) groups excluding carboxylic acids is 2. The van der Waals surface area contributed by atoms with E-state index in [0.717, 1.165) is 5.56 Å². The third kappa shape index (κ3) is 5.51. The summed E-state index contributed by atoms with van der Waals surface area (Å²) in [5, 5.41) is 13.5. The van der Waals surface area contributed by atoms with E-state index in [1.807, 2.05) is 19.1 Å². The summed E-state index contributed by atoms with van der Waals surface area (Å²) in [7, 11) is 0. The molecule has 0 saturated carbocycles. The van der Waals surface area contributed by atoms with E-state index in [4.69, 9.17) is 5.11 Å². The molecule has 108 valence electrons. The molecule has 2 amide bonds. The van der Waals surface area contributed by atoms with Crippen molar-refractivity contribution in [3.63, 3.8) is 0 Å². The number of carboxylic acids is 1. The highest BCUT2D eigenvalue weighted by molar-refractivity contribution is 5.96. The topological polar surface area (TPSA) is 95.5 Å². The lowest BCUT2D eigenvalue weighted by atomic mass is 10.1. The molecular weight excluding hydrogens is 260 g/mol. The number of carbonyl (C=O) groups is 3. The first-order valence-electron chi connectivity index (χ1n) is 6.24. The van der Waals surface area contributed by atoms with Crippen LogP contribution in [0.4, 0.5) is 0 Å². The van der Waals surface area contributed by atoms with Gasteiger partial charge in [0, 0.05) is 11.6 Å². The van der Waals surface area contributed by atoms with Crippen LogP contribution in [0.25, 0.3) is 0 Å². The highest BCUT2D eigenvalue weighted by Crippen LogP contribution is 2.02. The smallest absolute Gasteiger partial charge is 0.305 e. The predicted molar refractivity (Wildman–Crippen MR) is 73.4 cm³/mol. The molecule has 1 unspecified atom stereocenters. The number of hydrogen-bond donors (Lipinski definition) is 3. The van der Waals surface area contributed by atoms with Crippen LogP contribution in [0.5, 0.6) is 0 Å². The molecule has 1 aromatic carbocycles. The molecule has 0 saturated heterocycles. The van der Waals surface area contributed by atoms with E-state index < -0.39 is 17.9 Å². The van der Waals surface area contributed by atoms with Crippen molar-refractivity contribution >= 4 is 17.8 Å². The number of carboxylic acid groups (broad SMARTS) is 1. The molecule has 0 aliphatic heterocycles. The van der Waals surface area contributed by atoms with Crippen LogP contribution in [-0.4, -0.2) is 35.5 Å². The molecule has 0 aromatic heterocycles. The van der Waals surface area contributed by atoms with Crippen LogP contribution < -0.4 is 10.6 Å². The predicted octanol–water partition coefficient (Wildman–Crippen LogP) is 0.704. The number of hydrogen-bond acceptors (Lipinski definition) is 3. The molecule has 0 bridgehead atoms. The van der Waals surface area contributed by atoms with Crippen LogP contribution in [0, 0.1) is 6.92 Å². The second-order valence-electron chi connectivity index (χ2n) is 4.62. The van der Waals surface area contributed by atoms with Crippen LogP contribution >= 0.6 is 0 Å². The molecule has 6 heteroatoms. The molecule has 0 aliphatic carbocycles. The lowest BCUT2D eigenvalue weighted by Gasteiger charge is -2.12. The van der Waals surface area contributed by atoms with Crippen molar-refractivity contribution in [1.82, 2.24) is 10.6 Å². The number of amides is 2. The Morgan fingerprint density at radius 2 is 1.80 bits per heavy atom. The summed E-state index contributed by atoms with van der Waals surface area (Å²) in [4.78, 5) is 33.7. The highest BCUT2D eigenvalue weighted by atomic mass is 16.4. The van der Waals surface area contributed by atoms with Gasteiger partial charge in [0.25, 0.3) is 5.91 Å². The second-order valence-corrected chi connectivity index (χ2v) is 4.62. The van der Waals surface area contributed by atoms with Gasteiger partial charge >= 0.3 is 5.97 Å². The van der Waals surface area contributed by atoms with Gasteiger partial charge in [0.05, 0.1) is 13.0 Å². The number of nitrogens with one attached hydrogen (secondary N) is 2. The first-order valence-corrected chi connectivity index (χ1v) is 6.24. The van der Waals surface area contributed by atoms with Gasteiger partial charge in [-0.3, -0.25) is 14.4 Å². The Kier molecular flexibility index (Phi) is 5.71. The molecular formula is C14H18N2O4. The average Bonchev–Trinajstić information content (AvgIpc) is 2.35. The van der Waals surface area contributed by atoms with Crippen molar-refractivity contribution in [3.8, 4) is 0 Å². The Bertz CT molecular complexity index is 496. The summed E-state index contributed by atoms with van der Waals surface area (Å²) in [6.07, 6.45) is -0.155. The lowest BCUT2D eigenvalue weighted by Crippen LogP contribution is -2.41. The largest absolute Gasteiger partial charge is 0.481 e. The lowest BCUT2D eigenvalue weighted by molar-refractivity contribution is -0.137. The number of benzene rings is 1. The number of aliphatic carboxylic acids is 1. The first-order chi connectivity index (χ1) is 9.38.